The van der Waals surface area contributed by atoms with Crippen molar-refractivity contribution in [3.05, 3.63) is 35.9 Å². The summed E-state index contributed by atoms with van der Waals surface area (Å²) in [5, 5.41) is 2.90. The Morgan fingerprint density at radius 3 is 2.44 bits per heavy atom. The summed E-state index contributed by atoms with van der Waals surface area (Å²) in [6.07, 6.45) is 1.54. The summed E-state index contributed by atoms with van der Waals surface area (Å²) in [6.45, 7) is 7.15. The van der Waals surface area contributed by atoms with Gasteiger partial charge in [0.25, 0.3) is 0 Å². The summed E-state index contributed by atoms with van der Waals surface area (Å²) in [5.41, 5.74) is 7.21. The van der Waals surface area contributed by atoms with Gasteiger partial charge in [0.1, 0.15) is 0 Å². The fourth-order valence-electron chi connectivity index (χ4n) is 1.65. The SMILES string of the molecule is CC(C)(C)CCNC(=O)[C@H](N)Cc1ccccc1. The molecule has 0 saturated heterocycles. The molecule has 1 rings (SSSR count). The molecule has 1 atom stereocenters. The average Bonchev–Trinajstić information content (AvgIpc) is 2.28. The van der Waals surface area contributed by atoms with Gasteiger partial charge in [-0.05, 0) is 23.8 Å². The van der Waals surface area contributed by atoms with E-state index in [9.17, 15) is 4.79 Å². The maximum absolute atomic E-state index is 11.8. The van der Waals surface area contributed by atoms with Gasteiger partial charge in [0.2, 0.25) is 5.91 Å². The standard InChI is InChI=1S/C15H24N2O/c1-15(2,3)9-10-17-14(18)13(16)11-12-7-5-4-6-8-12/h4-8,13H,9-11,16H2,1-3H3,(H,17,18)/t13-/m1/s1. The van der Waals surface area contributed by atoms with Crippen LogP contribution in [0.4, 0.5) is 0 Å². The van der Waals surface area contributed by atoms with Crippen molar-refractivity contribution in [2.24, 2.45) is 11.1 Å². The number of benzene rings is 1. The van der Waals surface area contributed by atoms with Crippen LogP contribution in [0, 0.1) is 5.41 Å². The van der Waals surface area contributed by atoms with Gasteiger partial charge in [0.05, 0.1) is 6.04 Å². The molecule has 0 saturated carbocycles. The Kier molecular flexibility index (Phi) is 5.35. The van der Waals surface area contributed by atoms with E-state index in [4.69, 9.17) is 5.73 Å². The average molecular weight is 248 g/mol. The Labute approximate surface area is 110 Å². The molecule has 0 aliphatic carbocycles. The molecule has 1 amide bonds. The minimum absolute atomic E-state index is 0.0666. The van der Waals surface area contributed by atoms with E-state index in [1.165, 1.54) is 0 Å². The first-order valence-corrected chi connectivity index (χ1v) is 6.46. The molecule has 1 aromatic rings. The van der Waals surface area contributed by atoms with E-state index in [-0.39, 0.29) is 11.3 Å². The highest BCUT2D eigenvalue weighted by atomic mass is 16.2. The van der Waals surface area contributed by atoms with E-state index in [1.54, 1.807) is 0 Å². The molecule has 1 aromatic carbocycles. The van der Waals surface area contributed by atoms with Crippen LogP contribution in [-0.4, -0.2) is 18.5 Å². The maximum Gasteiger partial charge on any atom is 0.237 e. The molecule has 0 spiro atoms. The van der Waals surface area contributed by atoms with Gasteiger partial charge < -0.3 is 11.1 Å². The summed E-state index contributed by atoms with van der Waals surface area (Å²) >= 11 is 0. The van der Waals surface area contributed by atoms with Gasteiger partial charge in [-0.3, -0.25) is 4.79 Å². The molecule has 0 bridgehead atoms. The molecule has 3 nitrogen and oxygen atoms in total. The molecule has 0 radical (unpaired) electrons. The van der Waals surface area contributed by atoms with Crippen molar-refractivity contribution < 1.29 is 4.79 Å². The monoisotopic (exact) mass is 248 g/mol. The van der Waals surface area contributed by atoms with E-state index >= 15 is 0 Å². The first-order valence-electron chi connectivity index (χ1n) is 6.46. The summed E-state index contributed by atoms with van der Waals surface area (Å²) < 4.78 is 0. The smallest absolute Gasteiger partial charge is 0.237 e. The van der Waals surface area contributed by atoms with Crippen molar-refractivity contribution in [1.29, 1.82) is 0 Å². The zero-order valence-corrected chi connectivity index (χ0v) is 11.6. The maximum atomic E-state index is 11.8. The highest BCUT2D eigenvalue weighted by Gasteiger charge is 2.15. The Morgan fingerprint density at radius 1 is 1.28 bits per heavy atom. The van der Waals surface area contributed by atoms with Crippen molar-refractivity contribution in [3.63, 3.8) is 0 Å². The molecule has 18 heavy (non-hydrogen) atoms. The van der Waals surface area contributed by atoms with E-state index in [2.05, 4.69) is 26.1 Å². The highest BCUT2D eigenvalue weighted by molar-refractivity contribution is 5.81. The van der Waals surface area contributed by atoms with E-state index in [1.807, 2.05) is 30.3 Å². The van der Waals surface area contributed by atoms with Crippen LogP contribution in [0.3, 0.4) is 0 Å². The second-order valence-corrected chi connectivity index (χ2v) is 5.90. The van der Waals surface area contributed by atoms with Crippen LogP contribution in [0.1, 0.15) is 32.8 Å². The lowest BCUT2D eigenvalue weighted by Gasteiger charge is -2.19. The van der Waals surface area contributed by atoms with Crippen LogP contribution < -0.4 is 11.1 Å². The fraction of sp³-hybridized carbons (Fsp3) is 0.533. The predicted octanol–water partition coefficient (Wildman–Crippen LogP) is 2.11. The minimum atomic E-state index is -0.465. The second-order valence-electron chi connectivity index (χ2n) is 5.90. The van der Waals surface area contributed by atoms with Crippen LogP contribution in [0.15, 0.2) is 30.3 Å². The summed E-state index contributed by atoms with van der Waals surface area (Å²) in [5.74, 6) is -0.0666. The van der Waals surface area contributed by atoms with Gasteiger partial charge in [0, 0.05) is 6.54 Å². The molecule has 0 aromatic heterocycles. The number of carbonyl (C=O) groups is 1. The third-order valence-corrected chi connectivity index (χ3v) is 2.81. The van der Waals surface area contributed by atoms with Crippen LogP contribution in [0.5, 0.6) is 0 Å². The molecule has 3 N–H and O–H groups in total. The largest absolute Gasteiger partial charge is 0.355 e. The quantitative estimate of drug-likeness (QED) is 0.838. The minimum Gasteiger partial charge on any atom is -0.355 e. The summed E-state index contributed by atoms with van der Waals surface area (Å²) in [6, 6.07) is 9.38. The van der Waals surface area contributed by atoms with Gasteiger partial charge in [-0.15, -0.1) is 0 Å². The number of carbonyl (C=O) groups excluding carboxylic acids is 1. The lowest BCUT2D eigenvalue weighted by molar-refractivity contribution is -0.122. The van der Waals surface area contributed by atoms with Crippen LogP contribution in [0.25, 0.3) is 0 Å². The van der Waals surface area contributed by atoms with Crippen molar-refractivity contribution in [2.75, 3.05) is 6.54 Å². The van der Waals surface area contributed by atoms with E-state index in [0.717, 1.165) is 12.0 Å². The van der Waals surface area contributed by atoms with Crippen molar-refractivity contribution in [3.8, 4) is 0 Å². The van der Waals surface area contributed by atoms with Crippen LogP contribution in [-0.2, 0) is 11.2 Å². The molecule has 3 heteroatoms. The Hall–Kier alpha value is -1.35. The number of nitrogens with two attached hydrogens (primary N) is 1. The Morgan fingerprint density at radius 2 is 1.89 bits per heavy atom. The zero-order valence-electron chi connectivity index (χ0n) is 11.6. The molecule has 0 aliphatic heterocycles. The lowest BCUT2D eigenvalue weighted by atomic mass is 9.92. The number of nitrogens with one attached hydrogen (secondary N) is 1. The number of amides is 1. The molecule has 100 valence electrons. The first-order chi connectivity index (χ1) is 8.38. The molecule has 0 unspecified atom stereocenters. The van der Waals surface area contributed by atoms with E-state index in [0.29, 0.717) is 13.0 Å². The number of rotatable bonds is 5. The summed E-state index contributed by atoms with van der Waals surface area (Å²) in [7, 11) is 0. The topological polar surface area (TPSA) is 55.1 Å². The van der Waals surface area contributed by atoms with Crippen LogP contribution in [0.2, 0.25) is 0 Å². The van der Waals surface area contributed by atoms with Gasteiger partial charge >= 0.3 is 0 Å². The third-order valence-electron chi connectivity index (χ3n) is 2.81. The second kappa shape index (κ2) is 6.55. The van der Waals surface area contributed by atoms with Crippen LogP contribution >= 0.6 is 0 Å². The zero-order chi connectivity index (χ0) is 13.6. The molecular formula is C15H24N2O. The summed E-state index contributed by atoms with van der Waals surface area (Å²) in [4.78, 5) is 11.8. The van der Waals surface area contributed by atoms with E-state index < -0.39 is 6.04 Å². The molecule has 0 heterocycles. The normalized spacial score (nSPS) is 13.1. The number of hydrogen-bond donors (Lipinski definition) is 2. The molecular weight excluding hydrogens is 224 g/mol. The van der Waals surface area contributed by atoms with Crippen molar-refractivity contribution in [2.45, 2.75) is 39.7 Å². The Bertz CT molecular complexity index is 368. The van der Waals surface area contributed by atoms with Gasteiger partial charge in [0.15, 0.2) is 0 Å². The number of hydrogen-bond acceptors (Lipinski definition) is 2. The van der Waals surface area contributed by atoms with Gasteiger partial charge in [-0.1, -0.05) is 51.1 Å². The third kappa shape index (κ3) is 5.82. The highest BCUT2D eigenvalue weighted by Crippen LogP contribution is 2.16. The predicted molar refractivity (Wildman–Crippen MR) is 75.2 cm³/mol. The van der Waals surface area contributed by atoms with Gasteiger partial charge in [-0.2, -0.15) is 0 Å². The van der Waals surface area contributed by atoms with Crippen molar-refractivity contribution >= 4 is 5.91 Å². The molecule has 0 fully saturated rings. The first kappa shape index (κ1) is 14.7. The van der Waals surface area contributed by atoms with Gasteiger partial charge in [-0.25, -0.2) is 0 Å². The van der Waals surface area contributed by atoms with Crippen molar-refractivity contribution in [1.82, 2.24) is 5.32 Å². The fourth-order valence-corrected chi connectivity index (χ4v) is 1.65. The molecule has 0 aliphatic rings. The Balaban J connectivity index is 2.34. The lowest BCUT2D eigenvalue weighted by Crippen LogP contribution is -2.42.